The summed E-state index contributed by atoms with van der Waals surface area (Å²) < 4.78 is 0. The van der Waals surface area contributed by atoms with Crippen molar-refractivity contribution in [1.29, 1.82) is 0 Å². The van der Waals surface area contributed by atoms with Crippen LogP contribution in [0.2, 0.25) is 0 Å². The van der Waals surface area contributed by atoms with Gasteiger partial charge < -0.3 is 10.6 Å². The number of benzene rings is 1. The summed E-state index contributed by atoms with van der Waals surface area (Å²) in [6, 6.07) is 9.96. The maximum atomic E-state index is 10.8. The van der Waals surface area contributed by atoms with E-state index >= 15 is 0 Å². The number of rotatable bonds is 5. The van der Waals surface area contributed by atoms with Crippen molar-refractivity contribution in [3.05, 3.63) is 47.7 Å². The molecule has 1 aromatic rings. The molecule has 0 heterocycles. The first-order valence-corrected chi connectivity index (χ1v) is 6.81. The monoisotopic (exact) mass is 282 g/mol. The number of primary amides is 1. The topological polar surface area (TPSA) is 46.3 Å². The molecule has 1 rings (SSSR count). The molecule has 4 heteroatoms. The standard InChI is InChI=1S/C8H16N2O.C7H7Cl/c1-4-5-7(8(9)11)6-10(2)3;8-6-7-4-2-1-3-5-7/h6H,4-5H2,1-3H3,(H2,9,11);1-5H,6H2. The van der Waals surface area contributed by atoms with Crippen LogP contribution >= 0.6 is 11.6 Å². The Balaban J connectivity index is 0.000000356. The van der Waals surface area contributed by atoms with Gasteiger partial charge in [0.1, 0.15) is 0 Å². The summed E-state index contributed by atoms with van der Waals surface area (Å²) in [6.07, 6.45) is 3.47. The normalized spacial score (nSPS) is 10.4. The van der Waals surface area contributed by atoms with Gasteiger partial charge in [-0.15, -0.1) is 11.6 Å². The molecule has 2 N–H and O–H groups in total. The van der Waals surface area contributed by atoms with Crippen LogP contribution in [0.25, 0.3) is 0 Å². The third kappa shape index (κ3) is 9.14. The summed E-state index contributed by atoms with van der Waals surface area (Å²) in [7, 11) is 3.75. The number of halogens is 1. The van der Waals surface area contributed by atoms with Gasteiger partial charge >= 0.3 is 0 Å². The van der Waals surface area contributed by atoms with Gasteiger partial charge in [-0.05, 0) is 12.0 Å². The Bertz CT molecular complexity index is 388. The Morgan fingerprint density at radius 3 is 2.21 bits per heavy atom. The number of amides is 1. The summed E-state index contributed by atoms with van der Waals surface area (Å²) in [5.41, 5.74) is 7.00. The zero-order chi connectivity index (χ0) is 14.7. The summed E-state index contributed by atoms with van der Waals surface area (Å²) >= 11 is 5.53. The van der Waals surface area contributed by atoms with Gasteiger partial charge in [0.2, 0.25) is 5.91 Å². The second-order valence-corrected chi connectivity index (χ2v) is 4.62. The molecule has 0 bridgehead atoms. The van der Waals surface area contributed by atoms with Gasteiger partial charge in [-0.3, -0.25) is 4.79 Å². The second kappa shape index (κ2) is 10.4. The summed E-state index contributed by atoms with van der Waals surface area (Å²) in [5.74, 6) is 0.293. The average Bonchev–Trinajstić information content (AvgIpc) is 2.39. The van der Waals surface area contributed by atoms with Crippen LogP contribution in [0, 0.1) is 0 Å². The largest absolute Gasteiger partial charge is 0.383 e. The van der Waals surface area contributed by atoms with Crippen LogP contribution < -0.4 is 5.73 Å². The molecule has 0 radical (unpaired) electrons. The maximum absolute atomic E-state index is 10.8. The summed E-state index contributed by atoms with van der Waals surface area (Å²) in [5, 5.41) is 0. The van der Waals surface area contributed by atoms with Crippen LogP contribution in [-0.4, -0.2) is 24.9 Å². The Labute approximate surface area is 121 Å². The molecular formula is C15H23ClN2O. The van der Waals surface area contributed by atoms with Crippen molar-refractivity contribution in [3.8, 4) is 0 Å². The molecule has 3 nitrogen and oxygen atoms in total. The molecule has 0 spiro atoms. The van der Waals surface area contributed by atoms with Crippen molar-refractivity contribution >= 4 is 17.5 Å². The highest BCUT2D eigenvalue weighted by Crippen LogP contribution is 2.03. The van der Waals surface area contributed by atoms with Crippen molar-refractivity contribution in [2.45, 2.75) is 25.6 Å². The van der Waals surface area contributed by atoms with Crippen molar-refractivity contribution in [3.63, 3.8) is 0 Å². The molecule has 0 saturated carbocycles. The number of carbonyl (C=O) groups excluding carboxylic acids is 1. The Morgan fingerprint density at radius 2 is 1.89 bits per heavy atom. The molecule has 0 unspecified atom stereocenters. The van der Waals surface area contributed by atoms with Gasteiger partial charge in [0.25, 0.3) is 0 Å². The van der Waals surface area contributed by atoms with Crippen LogP contribution in [0.1, 0.15) is 25.3 Å². The lowest BCUT2D eigenvalue weighted by Crippen LogP contribution is -2.16. The van der Waals surface area contributed by atoms with Gasteiger partial charge in [-0.25, -0.2) is 0 Å². The maximum Gasteiger partial charge on any atom is 0.246 e. The van der Waals surface area contributed by atoms with Crippen molar-refractivity contribution in [2.24, 2.45) is 5.73 Å². The quantitative estimate of drug-likeness (QED) is 0.666. The van der Waals surface area contributed by atoms with E-state index < -0.39 is 0 Å². The van der Waals surface area contributed by atoms with E-state index in [-0.39, 0.29) is 5.91 Å². The minimum Gasteiger partial charge on any atom is -0.383 e. The van der Waals surface area contributed by atoms with Gasteiger partial charge in [0.15, 0.2) is 0 Å². The van der Waals surface area contributed by atoms with E-state index in [4.69, 9.17) is 17.3 Å². The number of hydrogen-bond acceptors (Lipinski definition) is 2. The number of alkyl halides is 1. The van der Waals surface area contributed by atoms with Crippen LogP contribution in [0.15, 0.2) is 42.1 Å². The minimum atomic E-state index is -0.319. The predicted molar refractivity (Wildman–Crippen MR) is 81.9 cm³/mol. The molecule has 1 amide bonds. The van der Waals surface area contributed by atoms with E-state index in [2.05, 4.69) is 0 Å². The molecule has 0 aliphatic heterocycles. The second-order valence-electron chi connectivity index (χ2n) is 4.35. The molecule has 1 aromatic carbocycles. The highest BCUT2D eigenvalue weighted by Gasteiger charge is 2.02. The van der Waals surface area contributed by atoms with E-state index in [1.807, 2.05) is 56.3 Å². The van der Waals surface area contributed by atoms with E-state index in [1.165, 1.54) is 5.56 Å². The fraction of sp³-hybridized carbons (Fsp3) is 0.400. The van der Waals surface area contributed by atoms with Crippen molar-refractivity contribution in [1.82, 2.24) is 4.90 Å². The molecule has 0 saturated heterocycles. The Hall–Kier alpha value is -1.48. The lowest BCUT2D eigenvalue weighted by Gasteiger charge is -2.07. The molecule has 0 aliphatic carbocycles. The fourth-order valence-corrected chi connectivity index (χ4v) is 1.58. The Morgan fingerprint density at radius 1 is 1.32 bits per heavy atom. The molecule has 0 aliphatic rings. The van der Waals surface area contributed by atoms with E-state index in [0.717, 1.165) is 12.8 Å². The zero-order valence-electron chi connectivity index (χ0n) is 11.9. The fourth-order valence-electron chi connectivity index (χ4n) is 1.40. The van der Waals surface area contributed by atoms with Crippen LogP contribution in [-0.2, 0) is 10.7 Å². The smallest absolute Gasteiger partial charge is 0.246 e. The van der Waals surface area contributed by atoms with Gasteiger partial charge in [0.05, 0.1) is 0 Å². The summed E-state index contributed by atoms with van der Waals surface area (Å²) in [4.78, 5) is 12.6. The SMILES string of the molecule is CCCC(=CN(C)C)C(N)=O.ClCc1ccccc1. The van der Waals surface area contributed by atoms with E-state index in [0.29, 0.717) is 11.5 Å². The third-order valence-electron chi connectivity index (χ3n) is 2.25. The number of nitrogens with two attached hydrogens (primary N) is 1. The van der Waals surface area contributed by atoms with Crippen LogP contribution in [0.4, 0.5) is 0 Å². The van der Waals surface area contributed by atoms with Crippen LogP contribution in [0.3, 0.4) is 0 Å². The molecule has 0 atom stereocenters. The lowest BCUT2D eigenvalue weighted by atomic mass is 10.1. The number of nitrogens with zero attached hydrogens (tertiary/aromatic N) is 1. The number of hydrogen-bond donors (Lipinski definition) is 1. The predicted octanol–water partition coefficient (Wildman–Crippen LogP) is 3.14. The summed E-state index contributed by atoms with van der Waals surface area (Å²) in [6.45, 7) is 2.02. The first kappa shape index (κ1) is 17.5. The minimum absolute atomic E-state index is 0.319. The van der Waals surface area contributed by atoms with E-state index in [1.54, 1.807) is 6.20 Å². The molecule has 106 valence electrons. The Kier molecular flexibility index (Phi) is 9.63. The molecule has 0 aromatic heterocycles. The van der Waals surface area contributed by atoms with E-state index in [9.17, 15) is 4.79 Å². The van der Waals surface area contributed by atoms with Crippen molar-refractivity contribution < 1.29 is 4.79 Å². The zero-order valence-corrected chi connectivity index (χ0v) is 12.7. The van der Waals surface area contributed by atoms with Gasteiger partial charge in [0, 0.05) is 31.7 Å². The highest BCUT2D eigenvalue weighted by molar-refractivity contribution is 6.17. The molecule has 19 heavy (non-hydrogen) atoms. The van der Waals surface area contributed by atoms with Gasteiger partial charge in [-0.1, -0.05) is 43.7 Å². The van der Waals surface area contributed by atoms with Crippen LogP contribution in [0.5, 0.6) is 0 Å². The lowest BCUT2D eigenvalue weighted by molar-refractivity contribution is -0.114. The first-order chi connectivity index (χ1) is 9.01. The highest BCUT2D eigenvalue weighted by atomic mass is 35.5. The van der Waals surface area contributed by atoms with Crippen molar-refractivity contribution in [2.75, 3.05) is 14.1 Å². The molecule has 0 fully saturated rings. The van der Waals surface area contributed by atoms with Gasteiger partial charge in [-0.2, -0.15) is 0 Å². The molecular weight excluding hydrogens is 260 g/mol. The number of carbonyl (C=O) groups is 1. The average molecular weight is 283 g/mol. The first-order valence-electron chi connectivity index (χ1n) is 6.28. The third-order valence-corrected chi connectivity index (χ3v) is 2.56.